The molecule has 10 rings (SSSR count). The molecule has 3 aliphatic heterocycles. The van der Waals surface area contributed by atoms with Gasteiger partial charge in [-0.05, 0) is 90.0 Å². The number of hydroxylamine groups is 2. The number of phenolic OH excluding ortho intramolecular Hbond substituents is 1. The molecule has 19 nitrogen and oxygen atoms in total. The van der Waals surface area contributed by atoms with Gasteiger partial charge in [-0.2, -0.15) is 0 Å². The maximum atomic E-state index is 13.9. The van der Waals surface area contributed by atoms with Gasteiger partial charge in [0.1, 0.15) is 42.5 Å². The average Bonchev–Trinajstić information content (AvgIpc) is 3.92. The molecule has 5 N–H and O–H groups in total. The van der Waals surface area contributed by atoms with Crippen molar-refractivity contribution in [1.82, 2.24) is 20.3 Å². The first kappa shape index (κ1) is 53.5. The second kappa shape index (κ2) is 21.2. The highest BCUT2D eigenvalue weighted by molar-refractivity contribution is 6.41. The van der Waals surface area contributed by atoms with Gasteiger partial charge in [0, 0.05) is 102 Å². The van der Waals surface area contributed by atoms with Crippen LogP contribution in [0.5, 0.6) is 5.75 Å². The Kier molecular flexibility index (Phi) is 14.2. The van der Waals surface area contributed by atoms with E-state index in [9.17, 15) is 53.7 Å². The molecule has 0 bridgehead atoms. The smallest absolute Gasteiger partial charge is 0.363 e. The molecule has 0 aromatic heterocycles. The third-order valence-electron chi connectivity index (χ3n) is 13.6. The van der Waals surface area contributed by atoms with E-state index >= 15 is 0 Å². The number of carboxylic acids is 2. The number of hydrogen-bond donors (Lipinski definition) is 5. The molecule has 1 saturated heterocycles. The summed E-state index contributed by atoms with van der Waals surface area (Å²) in [5, 5.41) is 39.4. The summed E-state index contributed by atoms with van der Waals surface area (Å²) in [5.41, 5.74) is 1.80. The lowest BCUT2D eigenvalue weighted by Gasteiger charge is -2.21. The number of aromatic hydroxyl groups is 1. The van der Waals surface area contributed by atoms with Gasteiger partial charge in [-0.15, -0.1) is 5.06 Å². The van der Waals surface area contributed by atoms with E-state index in [-0.39, 0.29) is 109 Å². The highest BCUT2D eigenvalue weighted by Gasteiger charge is 2.35. The number of phenols is 1. The topological polar surface area (TPSA) is 266 Å². The SMILES string of the molecule is CN(C)c1ccc2c(-c3c(Cl)cc(C(=O)NCc4ccc(C(=O)NCc5c(O)ccc6c(-c7cc(C(=O)ON8C(=O)CCC8=O)ccc7C(=O)O)c7ccc(=O)cc-7oc56)cc4)c(Cl)c3C(=O)O)c3ccc(=[N+](C)C)cc-3oc2c1. The third kappa shape index (κ3) is 9.90. The average molecular weight is 1120 g/mol. The predicted octanol–water partition coefficient (Wildman–Crippen LogP) is 8.67. The Morgan fingerprint density at radius 3 is 2.01 bits per heavy atom. The number of carbonyl (C=O) groups is 7. The summed E-state index contributed by atoms with van der Waals surface area (Å²) >= 11 is 13.9. The van der Waals surface area contributed by atoms with E-state index in [0.29, 0.717) is 38.5 Å². The summed E-state index contributed by atoms with van der Waals surface area (Å²) < 4.78 is 14.5. The Balaban J connectivity index is 0.905. The van der Waals surface area contributed by atoms with Crippen LogP contribution < -0.4 is 30.9 Å². The molecule has 0 atom stereocenters. The number of hydrogen-bond acceptors (Lipinski definition) is 13. The molecule has 5 aliphatic rings. The van der Waals surface area contributed by atoms with Crippen molar-refractivity contribution >= 4 is 92.4 Å². The second-order valence-electron chi connectivity index (χ2n) is 19.1. The molecule has 5 aromatic carbocycles. The molecule has 0 unspecified atom stereocenters. The van der Waals surface area contributed by atoms with Crippen molar-refractivity contribution in [1.29, 1.82) is 0 Å². The Labute approximate surface area is 462 Å². The van der Waals surface area contributed by atoms with Crippen molar-refractivity contribution in [2.75, 3.05) is 33.1 Å². The first-order valence-corrected chi connectivity index (χ1v) is 25.2. The minimum absolute atomic E-state index is 0.0316. The van der Waals surface area contributed by atoms with Crippen LogP contribution in [0.15, 0.2) is 129 Å². The number of aromatic carboxylic acids is 2. The van der Waals surface area contributed by atoms with Crippen molar-refractivity contribution in [3.8, 4) is 50.7 Å². The van der Waals surface area contributed by atoms with Crippen LogP contribution in [0, 0.1) is 0 Å². The van der Waals surface area contributed by atoms with Crippen LogP contribution in [0.25, 0.3) is 66.8 Å². The maximum absolute atomic E-state index is 13.9. The van der Waals surface area contributed by atoms with Gasteiger partial charge in [0.15, 0.2) is 5.43 Å². The van der Waals surface area contributed by atoms with Crippen LogP contribution in [-0.2, 0) is 27.5 Å². The van der Waals surface area contributed by atoms with Gasteiger partial charge in [0.2, 0.25) is 5.36 Å². The summed E-state index contributed by atoms with van der Waals surface area (Å²) in [6.45, 7) is -0.447. The number of anilines is 1. The van der Waals surface area contributed by atoms with Crippen LogP contribution in [0.1, 0.15) is 75.8 Å². The van der Waals surface area contributed by atoms with E-state index in [1.54, 1.807) is 12.1 Å². The Bertz CT molecular complexity index is 4220. The molecule has 2 aliphatic carbocycles. The van der Waals surface area contributed by atoms with Gasteiger partial charge < -0.3 is 44.5 Å². The number of carboxylic acid groups (broad SMARTS) is 2. The molecule has 80 heavy (non-hydrogen) atoms. The van der Waals surface area contributed by atoms with Gasteiger partial charge in [-0.25, -0.2) is 19.0 Å². The monoisotopic (exact) mass is 1120 g/mol. The van der Waals surface area contributed by atoms with Crippen molar-refractivity contribution < 1.29 is 62.6 Å². The van der Waals surface area contributed by atoms with E-state index < -0.39 is 52.5 Å². The largest absolute Gasteiger partial charge is 0.507 e. The molecule has 21 heteroatoms. The number of imide groups is 1. The van der Waals surface area contributed by atoms with Crippen LogP contribution in [-0.4, -0.2) is 90.1 Å². The van der Waals surface area contributed by atoms with Crippen LogP contribution in [0.4, 0.5) is 5.69 Å². The standard InChI is InChI=1S/C59H43Cl2N5O14/c1-64(2)31-10-14-36-44(22-31)78-45-23-32(65(3)4)11-15-37(45)50(36)51-42(60)25-40(53(61)52(51)58(75)76)56(72)62-26-28-5-7-29(8-6-28)55(71)63-27-41-43(68)18-17-38-49(35-16-12-33(67)24-46(35)79-54(38)41)39-21-30(9-13-34(39)57(73)74)59(77)80-66-47(69)19-20-48(66)70/h5-18,21-25H,19-20,26-27H2,1-4H3,(H4-,62,63,67,68,71,72,73,74,75,76)/p+1. The van der Waals surface area contributed by atoms with E-state index in [1.807, 2.05) is 74.1 Å². The summed E-state index contributed by atoms with van der Waals surface area (Å²) in [4.78, 5) is 111. The first-order valence-electron chi connectivity index (χ1n) is 24.5. The second-order valence-corrected chi connectivity index (χ2v) is 19.9. The van der Waals surface area contributed by atoms with Crippen LogP contribution in [0.2, 0.25) is 10.0 Å². The molecule has 5 aromatic rings. The normalized spacial score (nSPS) is 12.3. The van der Waals surface area contributed by atoms with E-state index in [2.05, 4.69) is 10.6 Å². The number of fused-ring (bicyclic) bond motifs is 4. The summed E-state index contributed by atoms with van der Waals surface area (Å²) in [6, 6.07) is 28.4. The number of nitrogens with zero attached hydrogens (tertiary/aromatic N) is 3. The summed E-state index contributed by atoms with van der Waals surface area (Å²) in [5.74, 6) is -6.67. The maximum Gasteiger partial charge on any atom is 0.363 e. The molecule has 0 spiro atoms. The van der Waals surface area contributed by atoms with Crippen molar-refractivity contribution in [3.05, 3.63) is 180 Å². The molecular formula is C59H44Cl2N5O14+. The van der Waals surface area contributed by atoms with Crippen LogP contribution >= 0.6 is 23.2 Å². The zero-order valence-corrected chi connectivity index (χ0v) is 44.2. The van der Waals surface area contributed by atoms with Crippen LogP contribution in [0.3, 0.4) is 0 Å². The number of rotatable bonds is 13. The van der Waals surface area contributed by atoms with Gasteiger partial charge in [-0.3, -0.25) is 24.0 Å². The molecule has 3 heterocycles. The number of carbonyl (C=O) groups excluding carboxylic acids is 5. The highest BCUT2D eigenvalue weighted by atomic mass is 35.5. The molecule has 0 saturated carbocycles. The molecule has 402 valence electrons. The zero-order chi connectivity index (χ0) is 57.0. The molecule has 0 radical (unpaired) electrons. The number of nitrogens with one attached hydrogen (secondary N) is 2. The Hall–Kier alpha value is -9.85. The first-order chi connectivity index (χ1) is 38.2. The quantitative estimate of drug-likeness (QED) is 0.0411. The predicted molar refractivity (Wildman–Crippen MR) is 295 cm³/mol. The lowest BCUT2D eigenvalue weighted by atomic mass is 9.89. The summed E-state index contributed by atoms with van der Waals surface area (Å²) in [7, 11) is 7.52. The van der Waals surface area contributed by atoms with Gasteiger partial charge >= 0.3 is 17.9 Å². The number of amides is 4. The minimum Gasteiger partial charge on any atom is -0.507 e. The lowest BCUT2D eigenvalue weighted by Crippen LogP contribution is -2.32. The lowest BCUT2D eigenvalue weighted by molar-refractivity contribution is -0.172. The minimum atomic E-state index is -1.43. The molecule has 1 fully saturated rings. The third-order valence-corrected chi connectivity index (χ3v) is 14.3. The Morgan fingerprint density at radius 2 is 1.32 bits per heavy atom. The van der Waals surface area contributed by atoms with Gasteiger partial charge in [0.05, 0.1) is 50.5 Å². The molecular weight excluding hydrogens is 1070 g/mol. The van der Waals surface area contributed by atoms with Crippen molar-refractivity contribution in [3.63, 3.8) is 0 Å². The van der Waals surface area contributed by atoms with E-state index in [0.717, 1.165) is 29.2 Å². The fourth-order valence-electron chi connectivity index (χ4n) is 9.55. The number of benzene rings is 7. The fraction of sp³-hybridized carbons (Fsp3) is 0.136. The highest BCUT2D eigenvalue weighted by Crippen LogP contribution is 2.48. The summed E-state index contributed by atoms with van der Waals surface area (Å²) in [6.07, 6.45) is -0.308. The Morgan fingerprint density at radius 1 is 0.662 bits per heavy atom. The van der Waals surface area contributed by atoms with Gasteiger partial charge in [-0.1, -0.05) is 35.3 Å². The van der Waals surface area contributed by atoms with Crippen molar-refractivity contribution in [2.24, 2.45) is 0 Å². The molecule has 4 amide bonds. The van der Waals surface area contributed by atoms with E-state index in [4.69, 9.17) is 36.9 Å². The van der Waals surface area contributed by atoms with E-state index in [1.165, 1.54) is 48.5 Å². The van der Waals surface area contributed by atoms with Crippen molar-refractivity contribution in [2.45, 2.75) is 25.9 Å². The fourth-order valence-corrected chi connectivity index (χ4v) is 10.2. The van der Waals surface area contributed by atoms with Gasteiger partial charge in [0.25, 0.3) is 23.6 Å². The zero-order valence-electron chi connectivity index (χ0n) is 42.7. The number of halogens is 2.